The Labute approximate surface area is 71.8 Å². The molecule has 4 heteroatoms. The van der Waals surface area contributed by atoms with Crippen molar-refractivity contribution >= 4 is 17.7 Å². The Kier molecular flexibility index (Phi) is 6.36. The third-order valence-corrected chi connectivity index (χ3v) is 1.43. The molecule has 1 N–H and O–H groups in total. The number of thioether (sulfide) groups is 1. The summed E-state index contributed by atoms with van der Waals surface area (Å²) in [5.74, 6) is 0.834. The monoisotopic (exact) mass is 177 g/mol. The van der Waals surface area contributed by atoms with Gasteiger partial charge >= 0.3 is 0 Å². The van der Waals surface area contributed by atoms with E-state index in [2.05, 4.69) is 5.48 Å². The molecule has 3 nitrogen and oxygen atoms in total. The summed E-state index contributed by atoms with van der Waals surface area (Å²) in [6.07, 6.45) is 1.88. The highest BCUT2D eigenvalue weighted by Gasteiger charge is 1.99. The average Bonchev–Trinajstić information content (AvgIpc) is 1.87. The van der Waals surface area contributed by atoms with E-state index in [0.717, 1.165) is 0 Å². The number of amides is 1. The van der Waals surface area contributed by atoms with Crippen molar-refractivity contribution in [3.63, 3.8) is 0 Å². The van der Waals surface area contributed by atoms with E-state index in [0.29, 0.717) is 18.3 Å². The van der Waals surface area contributed by atoms with Gasteiger partial charge in [0.2, 0.25) is 0 Å². The van der Waals surface area contributed by atoms with Crippen LogP contribution in [0.5, 0.6) is 0 Å². The molecule has 66 valence electrons. The number of hydrogen-bond donors (Lipinski definition) is 1. The topological polar surface area (TPSA) is 38.3 Å². The number of nitrogens with one attached hydrogen (secondary N) is 1. The van der Waals surface area contributed by atoms with Gasteiger partial charge in [-0.15, -0.1) is 0 Å². The van der Waals surface area contributed by atoms with Gasteiger partial charge in [-0.2, -0.15) is 11.8 Å². The standard InChI is InChI=1S/C7H15NO2S/c1-6(2)4-10-8-7(9)5-11-3/h6H,4-5H2,1-3H3,(H,8,9). The zero-order chi connectivity index (χ0) is 8.69. The molecule has 0 aliphatic rings. The van der Waals surface area contributed by atoms with Crippen LogP contribution in [0.25, 0.3) is 0 Å². The molecule has 0 rings (SSSR count). The summed E-state index contributed by atoms with van der Waals surface area (Å²) >= 11 is 1.48. The predicted molar refractivity (Wildman–Crippen MR) is 47.3 cm³/mol. The molecule has 0 aliphatic carbocycles. The molecule has 0 aromatic rings. The van der Waals surface area contributed by atoms with Crippen LogP contribution in [0.15, 0.2) is 0 Å². The molecule has 0 unspecified atom stereocenters. The zero-order valence-corrected chi connectivity index (χ0v) is 8.03. The van der Waals surface area contributed by atoms with Crippen molar-refractivity contribution in [3.05, 3.63) is 0 Å². The van der Waals surface area contributed by atoms with Crippen LogP contribution in [0.1, 0.15) is 13.8 Å². The molecule has 0 aromatic heterocycles. The highest BCUT2D eigenvalue weighted by atomic mass is 32.2. The number of hydroxylamine groups is 1. The second-order valence-electron chi connectivity index (χ2n) is 2.66. The van der Waals surface area contributed by atoms with E-state index in [-0.39, 0.29) is 5.91 Å². The smallest absolute Gasteiger partial charge is 0.253 e. The fourth-order valence-electron chi connectivity index (χ4n) is 0.449. The van der Waals surface area contributed by atoms with E-state index in [4.69, 9.17) is 4.84 Å². The molecule has 11 heavy (non-hydrogen) atoms. The molecule has 1 amide bonds. The maximum Gasteiger partial charge on any atom is 0.253 e. The second kappa shape index (κ2) is 6.49. The third kappa shape index (κ3) is 7.68. The van der Waals surface area contributed by atoms with Crippen molar-refractivity contribution in [3.8, 4) is 0 Å². The van der Waals surface area contributed by atoms with E-state index < -0.39 is 0 Å². The van der Waals surface area contributed by atoms with Gasteiger partial charge < -0.3 is 0 Å². The minimum Gasteiger partial charge on any atom is -0.273 e. The summed E-state index contributed by atoms with van der Waals surface area (Å²) in [6, 6.07) is 0. The Morgan fingerprint density at radius 2 is 2.27 bits per heavy atom. The van der Waals surface area contributed by atoms with E-state index in [1.54, 1.807) is 0 Å². The lowest BCUT2D eigenvalue weighted by Gasteiger charge is -2.06. The summed E-state index contributed by atoms with van der Waals surface area (Å²) in [5, 5.41) is 0. The molecule has 0 spiro atoms. The summed E-state index contributed by atoms with van der Waals surface area (Å²) < 4.78 is 0. The maximum absolute atomic E-state index is 10.8. The van der Waals surface area contributed by atoms with Crippen molar-refractivity contribution in [2.24, 2.45) is 5.92 Å². The fraction of sp³-hybridized carbons (Fsp3) is 0.857. The Bertz CT molecular complexity index is 117. The summed E-state index contributed by atoms with van der Waals surface area (Å²) in [7, 11) is 0. The number of carbonyl (C=O) groups is 1. The highest BCUT2D eigenvalue weighted by Crippen LogP contribution is 1.92. The van der Waals surface area contributed by atoms with Gasteiger partial charge in [0.05, 0.1) is 12.4 Å². The molecule has 0 radical (unpaired) electrons. The molecule has 0 fully saturated rings. The van der Waals surface area contributed by atoms with E-state index in [9.17, 15) is 4.79 Å². The van der Waals surface area contributed by atoms with Crippen LogP contribution in [-0.2, 0) is 9.63 Å². The van der Waals surface area contributed by atoms with E-state index in [1.807, 2.05) is 20.1 Å². The number of hydrogen-bond acceptors (Lipinski definition) is 3. The first-order chi connectivity index (χ1) is 5.16. The lowest BCUT2D eigenvalue weighted by Crippen LogP contribution is -2.26. The predicted octanol–water partition coefficient (Wildman–Crippen LogP) is 1.05. The molecular formula is C7H15NO2S. The lowest BCUT2D eigenvalue weighted by atomic mass is 10.2. The van der Waals surface area contributed by atoms with Crippen LogP contribution in [0, 0.1) is 5.92 Å². The van der Waals surface area contributed by atoms with Crippen LogP contribution in [0.2, 0.25) is 0 Å². The number of rotatable bonds is 5. The van der Waals surface area contributed by atoms with Gasteiger partial charge in [0.15, 0.2) is 0 Å². The lowest BCUT2D eigenvalue weighted by molar-refractivity contribution is -0.131. The van der Waals surface area contributed by atoms with Gasteiger partial charge in [-0.25, -0.2) is 5.48 Å². The first kappa shape index (κ1) is 10.8. The van der Waals surface area contributed by atoms with Gasteiger partial charge in [0.1, 0.15) is 0 Å². The van der Waals surface area contributed by atoms with Crippen LogP contribution < -0.4 is 5.48 Å². The van der Waals surface area contributed by atoms with E-state index >= 15 is 0 Å². The molecule has 0 bridgehead atoms. The minimum absolute atomic E-state index is 0.0712. The molecular weight excluding hydrogens is 162 g/mol. The third-order valence-electron chi connectivity index (χ3n) is 0.878. The van der Waals surface area contributed by atoms with Crippen LogP contribution in [0.4, 0.5) is 0 Å². The molecule has 0 aliphatic heterocycles. The molecule has 0 aromatic carbocycles. The largest absolute Gasteiger partial charge is 0.273 e. The van der Waals surface area contributed by atoms with E-state index in [1.165, 1.54) is 11.8 Å². The fourth-order valence-corrected chi connectivity index (χ4v) is 0.770. The molecule has 0 saturated carbocycles. The molecule has 0 atom stereocenters. The molecule has 0 heterocycles. The summed E-state index contributed by atoms with van der Waals surface area (Å²) in [6.45, 7) is 4.63. The first-order valence-electron chi connectivity index (χ1n) is 3.56. The summed E-state index contributed by atoms with van der Waals surface area (Å²) in [4.78, 5) is 15.7. The Hall–Kier alpha value is -0.220. The number of carbonyl (C=O) groups excluding carboxylic acids is 1. The highest BCUT2D eigenvalue weighted by molar-refractivity contribution is 7.99. The first-order valence-corrected chi connectivity index (χ1v) is 4.95. The second-order valence-corrected chi connectivity index (χ2v) is 3.53. The summed E-state index contributed by atoms with van der Waals surface area (Å²) in [5.41, 5.74) is 2.36. The van der Waals surface area contributed by atoms with Gasteiger partial charge in [0, 0.05) is 0 Å². The average molecular weight is 177 g/mol. The SMILES string of the molecule is CSCC(=O)NOCC(C)C. The van der Waals surface area contributed by atoms with Crippen LogP contribution in [0.3, 0.4) is 0 Å². The van der Waals surface area contributed by atoms with Crippen molar-refractivity contribution in [2.45, 2.75) is 13.8 Å². The van der Waals surface area contributed by atoms with Gasteiger partial charge in [0.25, 0.3) is 5.91 Å². The van der Waals surface area contributed by atoms with Gasteiger partial charge in [-0.3, -0.25) is 9.63 Å². The van der Waals surface area contributed by atoms with Crippen molar-refractivity contribution in [2.75, 3.05) is 18.6 Å². The van der Waals surface area contributed by atoms with Crippen molar-refractivity contribution < 1.29 is 9.63 Å². The normalized spacial score (nSPS) is 10.2. The van der Waals surface area contributed by atoms with Crippen molar-refractivity contribution in [1.82, 2.24) is 5.48 Å². The Morgan fingerprint density at radius 3 is 2.73 bits per heavy atom. The Morgan fingerprint density at radius 1 is 1.64 bits per heavy atom. The van der Waals surface area contributed by atoms with Gasteiger partial charge in [-0.05, 0) is 12.2 Å². The van der Waals surface area contributed by atoms with Crippen LogP contribution in [-0.4, -0.2) is 24.5 Å². The van der Waals surface area contributed by atoms with Gasteiger partial charge in [-0.1, -0.05) is 13.8 Å². The maximum atomic E-state index is 10.8. The molecule has 0 saturated heterocycles. The van der Waals surface area contributed by atoms with Crippen LogP contribution >= 0.6 is 11.8 Å². The minimum atomic E-state index is -0.0712. The quantitative estimate of drug-likeness (QED) is 0.638. The Balaban J connectivity index is 3.17. The van der Waals surface area contributed by atoms with Crippen molar-refractivity contribution in [1.29, 1.82) is 0 Å². The zero-order valence-electron chi connectivity index (χ0n) is 7.22.